The van der Waals surface area contributed by atoms with E-state index in [1.165, 1.54) is 0 Å². The Bertz CT molecular complexity index is 729. The molecule has 2 rings (SSSR count). The highest BCUT2D eigenvalue weighted by Gasteiger charge is 2.24. The van der Waals surface area contributed by atoms with E-state index in [0.29, 0.717) is 37.8 Å². The van der Waals surface area contributed by atoms with E-state index in [2.05, 4.69) is 20.9 Å². The van der Waals surface area contributed by atoms with Gasteiger partial charge in [0.25, 0.3) is 5.91 Å². The molecule has 8 heteroatoms. The Labute approximate surface area is 179 Å². The van der Waals surface area contributed by atoms with Gasteiger partial charge in [-0.15, -0.1) is 0 Å². The highest BCUT2D eigenvalue weighted by Crippen LogP contribution is 2.12. The van der Waals surface area contributed by atoms with E-state index in [-0.39, 0.29) is 24.1 Å². The third-order valence-electron chi connectivity index (χ3n) is 5.22. The van der Waals surface area contributed by atoms with Crippen LogP contribution in [0.4, 0.5) is 4.79 Å². The lowest BCUT2D eigenvalue weighted by Gasteiger charge is -2.32. The summed E-state index contributed by atoms with van der Waals surface area (Å²) in [5.74, 6) is 0.654. The lowest BCUT2D eigenvalue weighted by molar-refractivity contribution is 0.0936. The summed E-state index contributed by atoms with van der Waals surface area (Å²) in [7, 11) is 1.74. The highest BCUT2D eigenvalue weighted by molar-refractivity contribution is 5.94. The summed E-state index contributed by atoms with van der Waals surface area (Å²) >= 11 is 0. The summed E-state index contributed by atoms with van der Waals surface area (Å²) in [6, 6.07) is 8.00. The molecule has 0 aliphatic carbocycles. The molecule has 0 saturated carbocycles. The van der Waals surface area contributed by atoms with Gasteiger partial charge in [-0.25, -0.2) is 4.79 Å². The van der Waals surface area contributed by atoms with Crippen molar-refractivity contribution in [2.24, 2.45) is 4.99 Å². The number of carbonyl (C=O) groups is 2. The molecule has 1 saturated heterocycles. The third kappa shape index (κ3) is 7.24. The molecule has 1 aromatic rings. The van der Waals surface area contributed by atoms with Gasteiger partial charge in [0.15, 0.2) is 5.96 Å². The number of nitrogens with zero attached hydrogens (tertiary/aromatic N) is 2. The number of likely N-dealkylation sites (tertiary alicyclic amines) is 1. The van der Waals surface area contributed by atoms with Crippen molar-refractivity contribution < 1.29 is 14.3 Å². The van der Waals surface area contributed by atoms with Crippen LogP contribution in [0.5, 0.6) is 0 Å². The maximum Gasteiger partial charge on any atom is 0.409 e. The minimum Gasteiger partial charge on any atom is -0.450 e. The molecule has 0 spiro atoms. The van der Waals surface area contributed by atoms with Gasteiger partial charge in [-0.1, -0.05) is 19.1 Å². The minimum atomic E-state index is -0.240. The van der Waals surface area contributed by atoms with E-state index >= 15 is 0 Å². The fraction of sp³-hybridized carbons (Fsp3) is 0.591. The fourth-order valence-corrected chi connectivity index (χ4v) is 3.23. The molecule has 2 amide bonds. The number of aliphatic imine (C=N–C) groups is 1. The summed E-state index contributed by atoms with van der Waals surface area (Å²) in [4.78, 5) is 30.2. The van der Waals surface area contributed by atoms with Crippen LogP contribution in [0.1, 0.15) is 56.0 Å². The summed E-state index contributed by atoms with van der Waals surface area (Å²) in [5, 5.41) is 9.72. The molecule has 1 fully saturated rings. The first kappa shape index (κ1) is 23.5. The zero-order valence-electron chi connectivity index (χ0n) is 18.5. The first-order chi connectivity index (χ1) is 14.5. The zero-order chi connectivity index (χ0) is 21.9. The number of guanidine groups is 1. The number of ether oxygens (including phenoxy) is 1. The fourth-order valence-electron chi connectivity index (χ4n) is 3.23. The maximum absolute atomic E-state index is 12.3. The van der Waals surface area contributed by atoms with Crippen molar-refractivity contribution in [1.82, 2.24) is 20.9 Å². The predicted molar refractivity (Wildman–Crippen MR) is 119 cm³/mol. The summed E-state index contributed by atoms with van der Waals surface area (Å²) < 4.78 is 5.06. The predicted octanol–water partition coefficient (Wildman–Crippen LogP) is 2.50. The van der Waals surface area contributed by atoms with Gasteiger partial charge < -0.3 is 25.6 Å². The van der Waals surface area contributed by atoms with Crippen molar-refractivity contribution in [3.8, 4) is 0 Å². The summed E-state index contributed by atoms with van der Waals surface area (Å²) in [6.45, 7) is 8.15. The van der Waals surface area contributed by atoms with E-state index in [1.807, 2.05) is 45.0 Å². The van der Waals surface area contributed by atoms with Gasteiger partial charge >= 0.3 is 6.09 Å². The van der Waals surface area contributed by atoms with Gasteiger partial charge in [-0.2, -0.15) is 0 Å². The van der Waals surface area contributed by atoms with Crippen LogP contribution >= 0.6 is 0 Å². The molecule has 0 aromatic heterocycles. The number of hydrogen-bond donors (Lipinski definition) is 3. The molecule has 1 heterocycles. The van der Waals surface area contributed by atoms with Crippen LogP contribution in [0.25, 0.3) is 0 Å². The monoisotopic (exact) mass is 417 g/mol. The Morgan fingerprint density at radius 1 is 1.27 bits per heavy atom. The Morgan fingerprint density at radius 3 is 2.63 bits per heavy atom. The molecule has 3 N–H and O–H groups in total. The average molecular weight is 418 g/mol. The van der Waals surface area contributed by atoms with Crippen molar-refractivity contribution in [3.63, 3.8) is 0 Å². The molecular formula is C22H35N5O3. The maximum atomic E-state index is 12.3. The molecule has 1 atom stereocenters. The normalized spacial score (nSPS) is 16.0. The van der Waals surface area contributed by atoms with Crippen molar-refractivity contribution in [2.45, 2.75) is 58.7 Å². The minimum absolute atomic E-state index is 0.0536. The van der Waals surface area contributed by atoms with Gasteiger partial charge in [0.2, 0.25) is 0 Å². The molecule has 8 nitrogen and oxygen atoms in total. The Balaban J connectivity index is 1.83. The third-order valence-corrected chi connectivity index (χ3v) is 5.22. The van der Waals surface area contributed by atoms with Crippen LogP contribution < -0.4 is 16.0 Å². The van der Waals surface area contributed by atoms with Crippen molar-refractivity contribution >= 4 is 18.0 Å². The zero-order valence-corrected chi connectivity index (χ0v) is 18.5. The second-order valence-corrected chi connectivity index (χ2v) is 7.51. The molecule has 0 bridgehead atoms. The van der Waals surface area contributed by atoms with Gasteiger partial charge in [0.05, 0.1) is 6.61 Å². The number of nitrogens with one attached hydrogen (secondary N) is 3. The lowest BCUT2D eigenvalue weighted by Crippen LogP contribution is -2.49. The van der Waals surface area contributed by atoms with E-state index in [0.717, 1.165) is 24.8 Å². The Morgan fingerprint density at radius 2 is 2.00 bits per heavy atom. The van der Waals surface area contributed by atoms with Crippen molar-refractivity contribution in [3.05, 3.63) is 35.4 Å². The Kier molecular flexibility index (Phi) is 9.44. The number of amides is 2. The SMILES string of the molecule is CCOC(=O)N1CCC(NC(=NC)NCc2cccc(C(=O)NC(C)CC)c2)CC1. The average Bonchev–Trinajstić information content (AvgIpc) is 2.77. The first-order valence-corrected chi connectivity index (χ1v) is 10.8. The van der Waals surface area contributed by atoms with Gasteiger partial charge in [0.1, 0.15) is 0 Å². The van der Waals surface area contributed by atoms with Crippen LogP contribution in [0.3, 0.4) is 0 Å². The lowest BCUT2D eigenvalue weighted by atomic mass is 10.1. The second-order valence-electron chi connectivity index (χ2n) is 7.51. The van der Waals surface area contributed by atoms with Gasteiger partial charge in [0, 0.05) is 44.3 Å². The Hall–Kier alpha value is -2.77. The van der Waals surface area contributed by atoms with Gasteiger partial charge in [-0.3, -0.25) is 9.79 Å². The highest BCUT2D eigenvalue weighted by atomic mass is 16.6. The standard InChI is InChI=1S/C22H35N5O3/c1-5-16(3)25-20(28)18-9-7-8-17(14-18)15-24-21(23-4)26-19-10-12-27(13-11-19)22(29)30-6-2/h7-9,14,16,19H,5-6,10-13,15H2,1-4H3,(H,25,28)(H2,23,24,26). The van der Waals surface area contributed by atoms with E-state index in [4.69, 9.17) is 4.74 Å². The van der Waals surface area contributed by atoms with E-state index in [9.17, 15) is 9.59 Å². The van der Waals surface area contributed by atoms with Crippen LogP contribution in [0.15, 0.2) is 29.3 Å². The van der Waals surface area contributed by atoms with Crippen LogP contribution in [-0.4, -0.2) is 61.7 Å². The second kappa shape index (κ2) is 12.0. The number of rotatable bonds is 7. The number of hydrogen-bond acceptors (Lipinski definition) is 4. The molecule has 0 radical (unpaired) electrons. The first-order valence-electron chi connectivity index (χ1n) is 10.8. The number of piperidine rings is 1. The van der Waals surface area contributed by atoms with Crippen molar-refractivity contribution in [2.75, 3.05) is 26.7 Å². The van der Waals surface area contributed by atoms with Crippen LogP contribution in [0, 0.1) is 0 Å². The molecule has 166 valence electrons. The molecule has 1 aliphatic rings. The van der Waals surface area contributed by atoms with Crippen LogP contribution in [-0.2, 0) is 11.3 Å². The van der Waals surface area contributed by atoms with Gasteiger partial charge in [-0.05, 0) is 50.8 Å². The largest absolute Gasteiger partial charge is 0.450 e. The quantitative estimate of drug-likeness (QED) is 0.468. The smallest absolute Gasteiger partial charge is 0.409 e. The molecular weight excluding hydrogens is 382 g/mol. The topological polar surface area (TPSA) is 95.1 Å². The number of benzene rings is 1. The van der Waals surface area contributed by atoms with E-state index in [1.54, 1.807) is 11.9 Å². The van der Waals surface area contributed by atoms with E-state index < -0.39 is 0 Å². The van der Waals surface area contributed by atoms with Crippen molar-refractivity contribution in [1.29, 1.82) is 0 Å². The number of carbonyl (C=O) groups excluding carboxylic acids is 2. The molecule has 1 aromatic carbocycles. The summed E-state index contributed by atoms with van der Waals surface area (Å²) in [6.07, 6.45) is 2.33. The molecule has 30 heavy (non-hydrogen) atoms. The van der Waals surface area contributed by atoms with Crippen LogP contribution in [0.2, 0.25) is 0 Å². The molecule has 1 unspecified atom stereocenters. The summed E-state index contributed by atoms with van der Waals surface area (Å²) in [5.41, 5.74) is 1.66. The molecule has 1 aliphatic heterocycles.